The first-order valence-electron chi connectivity index (χ1n) is 7.22. The van der Waals surface area contributed by atoms with Gasteiger partial charge in [-0.15, -0.1) is 0 Å². The first kappa shape index (κ1) is 15.9. The molecule has 0 saturated heterocycles. The summed E-state index contributed by atoms with van der Waals surface area (Å²) in [5, 5.41) is 4.13. The number of aromatic nitrogens is 2. The summed E-state index contributed by atoms with van der Waals surface area (Å²) < 4.78 is 6.70. The van der Waals surface area contributed by atoms with E-state index in [1.807, 2.05) is 39.8 Å². The zero-order valence-electron chi connectivity index (χ0n) is 13.6. The van der Waals surface area contributed by atoms with Crippen LogP contribution in [0.25, 0.3) is 0 Å². The Morgan fingerprint density at radius 3 is 2.45 bits per heavy atom. The number of hydrogen-bond acceptors (Lipinski definition) is 4. The molecule has 0 aliphatic carbocycles. The summed E-state index contributed by atoms with van der Waals surface area (Å²) in [5.74, 6) is -0.444. The summed E-state index contributed by atoms with van der Waals surface area (Å²) in [5.41, 5.74) is 3.92. The van der Waals surface area contributed by atoms with E-state index in [1.165, 1.54) is 17.8 Å². The molecule has 1 aromatic carbocycles. The van der Waals surface area contributed by atoms with Crippen molar-refractivity contribution in [2.24, 2.45) is 0 Å². The van der Waals surface area contributed by atoms with Crippen molar-refractivity contribution in [2.75, 3.05) is 0 Å². The Morgan fingerprint density at radius 2 is 1.86 bits per heavy atom. The zero-order chi connectivity index (χ0) is 16.4. The fourth-order valence-electron chi connectivity index (χ4n) is 2.42. The van der Waals surface area contributed by atoms with Gasteiger partial charge in [0.2, 0.25) is 5.88 Å². The van der Waals surface area contributed by atoms with Crippen LogP contribution in [0.2, 0.25) is 0 Å². The lowest BCUT2D eigenvalue weighted by Gasteiger charge is -2.10. The molecule has 116 valence electrons. The maximum absolute atomic E-state index is 12.9. The van der Waals surface area contributed by atoms with Crippen molar-refractivity contribution >= 4 is 11.8 Å². The van der Waals surface area contributed by atoms with E-state index < -0.39 is 5.97 Å². The van der Waals surface area contributed by atoms with E-state index >= 15 is 0 Å². The first-order chi connectivity index (χ1) is 10.3. The Morgan fingerprint density at radius 1 is 1.18 bits per heavy atom. The number of hydrogen-bond donors (Lipinski definition) is 0. The van der Waals surface area contributed by atoms with Gasteiger partial charge in [-0.3, -0.25) is 9.59 Å². The average Bonchev–Trinajstić information content (AvgIpc) is 2.84. The molecule has 0 aliphatic heterocycles. The molecule has 2 aromatic rings. The molecule has 2 rings (SSSR count). The summed E-state index contributed by atoms with van der Waals surface area (Å²) in [7, 11) is 0. The van der Waals surface area contributed by atoms with E-state index in [4.69, 9.17) is 4.74 Å². The molecule has 0 atom stereocenters. The van der Waals surface area contributed by atoms with Crippen LogP contribution >= 0.6 is 0 Å². The maximum atomic E-state index is 12.9. The second kappa shape index (κ2) is 6.13. The SMILES string of the molecule is CCn1ncc(C(=O)c2cc(C)cc(C)c2C)c1OC(C)=O. The number of nitrogens with zero attached hydrogens (tertiary/aromatic N) is 2. The second-order valence-corrected chi connectivity index (χ2v) is 5.36. The Bertz CT molecular complexity index is 745. The lowest BCUT2D eigenvalue weighted by atomic mass is 9.95. The minimum Gasteiger partial charge on any atom is -0.407 e. The predicted octanol–water partition coefficient (Wildman–Crippen LogP) is 2.98. The van der Waals surface area contributed by atoms with Gasteiger partial charge in [0, 0.05) is 19.0 Å². The molecular formula is C17H20N2O3. The molecule has 5 heteroatoms. The van der Waals surface area contributed by atoms with Crippen LogP contribution in [-0.4, -0.2) is 21.5 Å². The Hall–Kier alpha value is -2.43. The summed E-state index contributed by atoms with van der Waals surface area (Å²) in [6, 6.07) is 3.89. The van der Waals surface area contributed by atoms with Crippen molar-refractivity contribution in [3.8, 4) is 5.88 Å². The van der Waals surface area contributed by atoms with Gasteiger partial charge in [-0.25, -0.2) is 4.68 Å². The van der Waals surface area contributed by atoms with Gasteiger partial charge >= 0.3 is 5.97 Å². The normalized spacial score (nSPS) is 10.6. The Kier molecular flexibility index (Phi) is 4.45. The quantitative estimate of drug-likeness (QED) is 0.643. The number of carbonyl (C=O) groups is 2. The third kappa shape index (κ3) is 2.93. The fraction of sp³-hybridized carbons (Fsp3) is 0.353. The predicted molar refractivity (Wildman–Crippen MR) is 83.3 cm³/mol. The van der Waals surface area contributed by atoms with E-state index in [0.717, 1.165) is 16.7 Å². The molecule has 0 spiro atoms. The molecule has 0 fully saturated rings. The number of aryl methyl sites for hydroxylation is 3. The Labute approximate surface area is 129 Å². The number of ketones is 1. The van der Waals surface area contributed by atoms with E-state index in [-0.39, 0.29) is 11.7 Å². The molecule has 5 nitrogen and oxygen atoms in total. The number of ether oxygens (including phenoxy) is 1. The summed E-state index contributed by atoms with van der Waals surface area (Å²) >= 11 is 0. The van der Waals surface area contributed by atoms with Crippen LogP contribution in [0, 0.1) is 20.8 Å². The van der Waals surface area contributed by atoms with E-state index in [9.17, 15) is 9.59 Å². The van der Waals surface area contributed by atoms with Crippen molar-refractivity contribution in [3.63, 3.8) is 0 Å². The molecule has 0 N–H and O–H groups in total. The monoisotopic (exact) mass is 300 g/mol. The number of carbonyl (C=O) groups excluding carboxylic acids is 2. The van der Waals surface area contributed by atoms with Gasteiger partial charge in [0.1, 0.15) is 5.56 Å². The van der Waals surface area contributed by atoms with Crippen molar-refractivity contribution in [3.05, 3.63) is 46.1 Å². The molecular weight excluding hydrogens is 280 g/mol. The van der Waals surface area contributed by atoms with Crippen LogP contribution in [0.4, 0.5) is 0 Å². The molecule has 0 radical (unpaired) electrons. The summed E-state index contributed by atoms with van der Waals surface area (Å²) in [6.07, 6.45) is 1.46. The van der Waals surface area contributed by atoms with Crippen LogP contribution in [-0.2, 0) is 11.3 Å². The minimum atomic E-state index is -0.471. The lowest BCUT2D eigenvalue weighted by Crippen LogP contribution is -2.12. The first-order valence-corrected chi connectivity index (χ1v) is 7.22. The molecule has 0 saturated carbocycles. The molecule has 0 unspecified atom stereocenters. The average molecular weight is 300 g/mol. The highest BCUT2D eigenvalue weighted by atomic mass is 16.5. The molecule has 0 bridgehead atoms. The van der Waals surface area contributed by atoms with Crippen LogP contribution in [0.5, 0.6) is 5.88 Å². The summed E-state index contributed by atoms with van der Waals surface area (Å²) in [4.78, 5) is 24.1. The number of rotatable bonds is 4. The largest absolute Gasteiger partial charge is 0.407 e. The third-order valence-electron chi connectivity index (χ3n) is 3.63. The second-order valence-electron chi connectivity index (χ2n) is 5.36. The standard InChI is InChI=1S/C17H20N2O3/c1-6-19-17(22-13(5)20)15(9-18-19)16(21)14-8-10(2)7-11(3)12(14)4/h7-9H,6H2,1-5H3. The van der Waals surface area contributed by atoms with Crippen molar-refractivity contribution < 1.29 is 14.3 Å². The topological polar surface area (TPSA) is 61.2 Å². The maximum Gasteiger partial charge on any atom is 0.309 e. The summed E-state index contributed by atoms with van der Waals surface area (Å²) in [6.45, 7) is 9.53. The van der Waals surface area contributed by atoms with E-state index in [1.54, 1.807) is 0 Å². The van der Waals surface area contributed by atoms with Gasteiger partial charge in [-0.2, -0.15) is 5.10 Å². The smallest absolute Gasteiger partial charge is 0.309 e. The highest BCUT2D eigenvalue weighted by Crippen LogP contribution is 2.25. The Balaban J connectivity index is 2.55. The van der Waals surface area contributed by atoms with Crippen molar-refractivity contribution in [1.29, 1.82) is 0 Å². The van der Waals surface area contributed by atoms with Crippen LogP contribution in [0.15, 0.2) is 18.3 Å². The van der Waals surface area contributed by atoms with Crippen LogP contribution < -0.4 is 4.74 Å². The van der Waals surface area contributed by atoms with Gasteiger partial charge in [0.15, 0.2) is 5.78 Å². The van der Waals surface area contributed by atoms with Gasteiger partial charge < -0.3 is 4.74 Å². The molecule has 0 amide bonds. The minimum absolute atomic E-state index is 0.180. The molecule has 1 aromatic heterocycles. The highest BCUT2D eigenvalue weighted by molar-refractivity contribution is 6.11. The third-order valence-corrected chi connectivity index (χ3v) is 3.63. The van der Waals surface area contributed by atoms with E-state index in [2.05, 4.69) is 5.10 Å². The van der Waals surface area contributed by atoms with Crippen LogP contribution in [0.3, 0.4) is 0 Å². The van der Waals surface area contributed by atoms with Crippen LogP contribution in [0.1, 0.15) is 46.5 Å². The van der Waals surface area contributed by atoms with Gasteiger partial charge in [0.05, 0.1) is 6.20 Å². The highest BCUT2D eigenvalue weighted by Gasteiger charge is 2.23. The van der Waals surface area contributed by atoms with Gasteiger partial charge in [-0.1, -0.05) is 11.6 Å². The van der Waals surface area contributed by atoms with Crippen molar-refractivity contribution in [2.45, 2.75) is 41.2 Å². The number of benzene rings is 1. The number of esters is 1. The molecule has 22 heavy (non-hydrogen) atoms. The van der Waals surface area contributed by atoms with Crippen molar-refractivity contribution in [1.82, 2.24) is 9.78 Å². The zero-order valence-corrected chi connectivity index (χ0v) is 13.6. The van der Waals surface area contributed by atoms with Gasteiger partial charge in [-0.05, 0) is 44.9 Å². The van der Waals surface area contributed by atoms with E-state index in [0.29, 0.717) is 17.7 Å². The fourth-order valence-corrected chi connectivity index (χ4v) is 2.42. The molecule has 1 heterocycles. The lowest BCUT2D eigenvalue weighted by molar-refractivity contribution is -0.132. The van der Waals surface area contributed by atoms with Gasteiger partial charge in [0.25, 0.3) is 0 Å². The molecule has 0 aliphatic rings.